The number of aryl methyl sites for hydroxylation is 2. The minimum absolute atomic E-state index is 0.146. The number of rotatable bonds is 4. The van der Waals surface area contributed by atoms with Gasteiger partial charge < -0.3 is 4.90 Å². The van der Waals surface area contributed by atoms with Crippen molar-refractivity contribution in [2.24, 2.45) is 5.92 Å². The monoisotopic (exact) mass is 445 g/mol. The lowest BCUT2D eigenvalue weighted by atomic mass is 9.97. The molecule has 1 saturated heterocycles. The Morgan fingerprint density at radius 3 is 2.60 bits per heavy atom. The summed E-state index contributed by atoms with van der Waals surface area (Å²) in [5.74, 6) is 1.28. The van der Waals surface area contributed by atoms with Crippen LogP contribution in [-0.4, -0.2) is 39.2 Å². The first-order valence-electron chi connectivity index (χ1n) is 11.6. The van der Waals surface area contributed by atoms with Gasteiger partial charge in [-0.25, -0.2) is 4.98 Å². The number of likely N-dealkylation sites (tertiary alicyclic amines) is 1. The van der Waals surface area contributed by atoms with Gasteiger partial charge in [0.15, 0.2) is 5.16 Å². The van der Waals surface area contributed by atoms with E-state index >= 15 is 0 Å². The first-order valence-corrected chi connectivity index (χ1v) is 13.4. The van der Waals surface area contributed by atoms with Gasteiger partial charge in [-0.2, -0.15) is 0 Å². The fourth-order valence-corrected chi connectivity index (χ4v) is 7.53. The second-order valence-electron chi connectivity index (χ2n) is 9.25. The van der Waals surface area contributed by atoms with Crippen molar-refractivity contribution in [1.29, 1.82) is 0 Å². The fraction of sp³-hybridized carbons (Fsp3) is 0.696. The van der Waals surface area contributed by atoms with E-state index in [1.807, 2.05) is 9.47 Å². The van der Waals surface area contributed by atoms with E-state index < -0.39 is 0 Å². The van der Waals surface area contributed by atoms with Gasteiger partial charge in [0.2, 0.25) is 5.91 Å². The summed E-state index contributed by atoms with van der Waals surface area (Å²) in [6, 6.07) is 0.238. The summed E-state index contributed by atoms with van der Waals surface area (Å²) in [5, 5.41) is 1.64. The number of hydrogen-bond acceptors (Lipinski definition) is 5. The van der Waals surface area contributed by atoms with Gasteiger partial charge in [0.05, 0.1) is 11.1 Å². The number of amides is 1. The topological polar surface area (TPSA) is 55.2 Å². The van der Waals surface area contributed by atoms with E-state index in [1.165, 1.54) is 47.9 Å². The van der Waals surface area contributed by atoms with Crippen LogP contribution >= 0.6 is 23.1 Å². The van der Waals surface area contributed by atoms with Crippen molar-refractivity contribution in [3.8, 4) is 0 Å². The van der Waals surface area contributed by atoms with Crippen molar-refractivity contribution in [3.63, 3.8) is 0 Å². The lowest BCUT2D eigenvalue weighted by Crippen LogP contribution is -2.39. The Morgan fingerprint density at radius 2 is 1.83 bits per heavy atom. The number of aromatic nitrogens is 2. The molecule has 5 nitrogen and oxygen atoms in total. The Bertz CT molecular complexity index is 998. The van der Waals surface area contributed by atoms with Crippen molar-refractivity contribution in [2.75, 3.05) is 18.8 Å². The summed E-state index contributed by atoms with van der Waals surface area (Å²) in [4.78, 5) is 35.7. The maximum atomic E-state index is 13.7. The molecule has 0 spiro atoms. The van der Waals surface area contributed by atoms with E-state index in [0.717, 1.165) is 67.0 Å². The highest BCUT2D eigenvalue weighted by molar-refractivity contribution is 7.99. The minimum atomic E-state index is 0.146. The minimum Gasteiger partial charge on any atom is -0.342 e. The molecule has 3 aliphatic rings. The second kappa shape index (κ2) is 8.65. The van der Waals surface area contributed by atoms with Crippen LogP contribution in [0.15, 0.2) is 9.95 Å². The molecule has 162 valence electrons. The normalized spacial score (nSPS) is 20.8. The van der Waals surface area contributed by atoms with Crippen LogP contribution < -0.4 is 5.56 Å². The first-order chi connectivity index (χ1) is 14.6. The molecular formula is C23H31N3O2S2. The maximum absolute atomic E-state index is 13.7. The molecule has 0 aromatic carbocycles. The van der Waals surface area contributed by atoms with Crippen LogP contribution in [0.25, 0.3) is 10.2 Å². The van der Waals surface area contributed by atoms with Gasteiger partial charge in [-0.1, -0.05) is 31.5 Å². The summed E-state index contributed by atoms with van der Waals surface area (Å²) in [5.41, 5.74) is 1.41. The molecule has 0 atom stereocenters. The Balaban J connectivity index is 1.46. The van der Waals surface area contributed by atoms with Crippen molar-refractivity contribution >= 4 is 39.2 Å². The highest BCUT2D eigenvalue weighted by Gasteiger charge is 2.28. The van der Waals surface area contributed by atoms with Crippen LogP contribution in [0.5, 0.6) is 0 Å². The molecule has 30 heavy (non-hydrogen) atoms. The molecule has 2 aromatic rings. The van der Waals surface area contributed by atoms with Gasteiger partial charge in [0.1, 0.15) is 4.83 Å². The van der Waals surface area contributed by atoms with Crippen LogP contribution in [0.4, 0.5) is 0 Å². The fourth-order valence-electron chi connectivity index (χ4n) is 5.26. The smallest absolute Gasteiger partial charge is 0.263 e. The maximum Gasteiger partial charge on any atom is 0.263 e. The van der Waals surface area contributed by atoms with Crippen LogP contribution in [0.3, 0.4) is 0 Å². The predicted molar refractivity (Wildman–Crippen MR) is 124 cm³/mol. The van der Waals surface area contributed by atoms with Gasteiger partial charge in [0, 0.05) is 24.0 Å². The van der Waals surface area contributed by atoms with E-state index in [0.29, 0.717) is 11.7 Å². The van der Waals surface area contributed by atoms with Gasteiger partial charge in [0.25, 0.3) is 5.56 Å². The standard InChI is InChI=1S/C23H31N3O2S2/c1-15-10-12-25(13-11-15)19(27)14-29-23-24-21-20(17-8-4-5-9-18(17)30-21)22(28)26(23)16-6-2-3-7-16/h15-16H,2-14H2,1H3. The molecule has 1 aliphatic heterocycles. The van der Waals surface area contributed by atoms with Crippen molar-refractivity contribution in [3.05, 3.63) is 20.8 Å². The summed E-state index contributed by atoms with van der Waals surface area (Å²) in [7, 11) is 0. The molecule has 5 rings (SSSR count). The number of carbonyl (C=O) groups is 1. The summed E-state index contributed by atoms with van der Waals surface area (Å²) in [6.45, 7) is 3.98. The van der Waals surface area contributed by atoms with Crippen LogP contribution in [0, 0.1) is 5.92 Å². The van der Waals surface area contributed by atoms with Gasteiger partial charge in [-0.3, -0.25) is 14.2 Å². The predicted octanol–water partition coefficient (Wildman–Crippen LogP) is 4.80. The highest BCUT2D eigenvalue weighted by Crippen LogP contribution is 2.37. The van der Waals surface area contributed by atoms with E-state index in [4.69, 9.17) is 4.98 Å². The molecule has 0 radical (unpaired) electrons. The molecular weight excluding hydrogens is 414 g/mol. The SMILES string of the molecule is CC1CCN(C(=O)CSc2nc3sc4c(c3c(=O)n2C2CCCC2)CCCC4)CC1. The zero-order chi connectivity index (χ0) is 20.7. The average molecular weight is 446 g/mol. The third-order valence-electron chi connectivity index (χ3n) is 7.14. The number of carbonyl (C=O) groups excluding carboxylic acids is 1. The Kier molecular flexibility index (Phi) is 5.93. The molecule has 2 fully saturated rings. The number of piperidine rings is 1. The number of thiophene rings is 1. The van der Waals surface area contributed by atoms with E-state index in [2.05, 4.69) is 6.92 Å². The van der Waals surface area contributed by atoms with Crippen LogP contribution in [-0.2, 0) is 17.6 Å². The van der Waals surface area contributed by atoms with Crippen molar-refractivity contribution < 1.29 is 4.79 Å². The molecule has 7 heteroatoms. The molecule has 1 amide bonds. The van der Waals surface area contributed by atoms with Gasteiger partial charge >= 0.3 is 0 Å². The number of hydrogen-bond donors (Lipinski definition) is 0. The van der Waals surface area contributed by atoms with E-state index in [1.54, 1.807) is 11.3 Å². The number of nitrogens with zero attached hydrogens (tertiary/aromatic N) is 3. The zero-order valence-corrected chi connectivity index (χ0v) is 19.5. The van der Waals surface area contributed by atoms with Gasteiger partial charge in [-0.15, -0.1) is 11.3 Å². The van der Waals surface area contributed by atoms with Crippen molar-refractivity contribution in [2.45, 2.75) is 82.3 Å². The molecule has 1 saturated carbocycles. The lowest BCUT2D eigenvalue weighted by Gasteiger charge is -2.30. The molecule has 2 aromatic heterocycles. The van der Waals surface area contributed by atoms with Crippen molar-refractivity contribution in [1.82, 2.24) is 14.5 Å². The first kappa shape index (κ1) is 20.6. The summed E-state index contributed by atoms with van der Waals surface area (Å²) < 4.78 is 1.97. The van der Waals surface area contributed by atoms with Crippen LogP contribution in [0.1, 0.15) is 74.8 Å². The molecule has 0 N–H and O–H groups in total. The number of fused-ring (bicyclic) bond motifs is 3. The third kappa shape index (κ3) is 3.83. The molecule has 0 unspecified atom stereocenters. The van der Waals surface area contributed by atoms with E-state index in [-0.39, 0.29) is 17.5 Å². The lowest BCUT2D eigenvalue weighted by molar-refractivity contribution is -0.129. The Labute approximate surface area is 186 Å². The summed E-state index contributed by atoms with van der Waals surface area (Å²) >= 11 is 3.19. The molecule has 3 heterocycles. The number of thioether (sulfide) groups is 1. The highest BCUT2D eigenvalue weighted by atomic mass is 32.2. The third-order valence-corrected chi connectivity index (χ3v) is 9.26. The molecule has 2 aliphatic carbocycles. The summed E-state index contributed by atoms with van der Waals surface area (Å²) in [6.07, 6.45) is 11.1. The van der Waals surface area contributed by atoms with Gasteiger partial charge in [-0.05, 0) is 62.8 Å². The largest absolute Gasteiger partial charge is 0.342 e. The Hall–Kier alpha value is -1.34. The van der Waals surface area contributed by atoms with E-state index in [9.17, 15) is 9.59 Å². The second-order valence-corrected chi connectivity index (χ2v) is 11.3. The average Bonchev–Trinajstić information content (AvgIpc) is 3.40. The quantitative estimate of drug-likeness (QED) is 0.501. The Morgan fingerprint density at radius 1 is 1.10 bits per heavy atom. The van der Waals surface area contributed by atoms with Crippen LogP contribution in [0.2, 0.25) is 0 Å². The molecule has 0 bridgehead atoms. The zero-order valence-electron chi connectivity index (χ0n) is 17.8.